The molecule has 0 aliphatic heterocycles. The number of nitrogens with one attached hydrogen (secondary N) is 1. The highest BCUT2D eigenvalue weighted by Gasteiger charge is 2.14. The molecular formula is C21H22ClNO3. The molecule has 2 aromatic carbocycles. The van der Waals surface area contributed by atoms with Crippen LogP contribution in [0.15, 0.2) is 54.1 Å². The lowest BCUT2D eigenvalue weighted by atomic mass is 10.1. The number of rotatable bonds is 8. The summed E-state index contributed by atoms with van der Waals surface area (Å²) in [6.07, 6.45) is 3.21. The number of Topliss-reactive ketones (excluding diaryl/α,β-unsaturated/α-hetero) is 1. The zero-order valence-corrected chi connectivity index (χ0v) is 15.7. The Balaban J connectivity index is 1.98. The number of hydrogen-bond acceptors (Lipinski definition) is 3. The number of carbonyl (C=O) groups excluding carboxylic acids is 2. The van der Waals surface area contributed by atoms with Gasteiger partial charge in [-0.15, -0.1) is 0 Å². The Hall–Kier alpha value is -2.59. The Morgan fingerprint density at radius 2 is 1.88 bits per heavy atom. The molecule has 0 saturated carbocycles. The molecule has 5 heteroatoms. The fourth-order valence-electron chi connectivity index (χ4n) is 2.50. The number of hydrogen-bond donors (Lipinski definition) is 1. The van der Waals surface area contributed by atoms with E-state index in [1.165, 1.54) is 19.6 Å². The maximum atomic E-state index is 12.4. The summed E-state index contributed by atoms with van der Waals surface area (Å²) in [5, 5.41) is 3.23. The Kier molecular flexibility index (Phi) is 7.42. The van der Waals surface area contributed by atoms with Crippen molar-refractivity contribution in [3.63, 3.8) is 0 Å². The van der Waals surface area contributed by atoms with Crippen molar-refractivity contribution in [3.8, 4) is 5.75 Å². The van der Waals surface area contributed by atoms with Gasteiger partial charge in [-0.05, 0) is 49.1 Å². The molecule has 136 valence electrons. The predicted molar refractivity (Wildman–Crippen MR) is 104 cm³/mol. The molecule has 1 amide bonds. The molecule has 1 N–H and O–H groups in total. The van der Waals surface area contributed by atoms with E-state index in [2.05, 4.69) is 17.4 Å². The molecule has 2 aromatic rings. The Morgan fingerprint density at radius 3 is 2.50 bits per heavy atom. The van der Waals surface area contributed by atoms with Crippen LogP contribution in [0.4, 0.5) is 0 Å². The summed E-state index contributed by atoms with van der Waals surface area (Å²) in [5.74, 6) is -0.131. The lowest BCUT2D eigenvalue weighted by Crippen LogP contribution is -2.28. The third-order valence-corrected chi connectivity index (χ3v) is 4.18. The average molecular weight is 372 g/mol. The van der Waals surface area contributed by atoms with Crippen molar-refractivity contribution in [3.05, 3.63) is 70.3 Å². The van der Waals surface area contributed by atoms with Gasteiger partial charge in [-0.2, -0.15) is 0 Å². The normalized spacial score (nSPS) is 11.1. The molecule has 0 atom stereocenters. The van der Waals surface area contributed by atoms with Crippen molar-refractivity contribution in [2.45, 2.75) is 19.8 Å². The van der Waals surface area contributed by atoms with Gasteiger partial charge in [0.05, 0.1) is 17.7 Å². The first kappa shape index (κ1) is 19.7. The summed E-state index contributed by atoms with van der Waals surface area (Å²) in [6.45, 7) is 1.88. The van der Waals surface area contributed by atoms with Crippen molar-refractivity contribution < 1.29 is 14.3 Å². The third kappa shape index (κ3) is 5.74. The minimum Gasteiger partial charge on any atom is -0.495 e. The van der Waals surface area contributed by atoms with Crippen LogP contribution in [0.1, 0.15) is 24.5 Å². The van der Waals surface area contributed by atoms with E-state index in [1.54, 1.807) is 24.3 Å². The quantitative estimate of drug-likeness (QED) is 0.329. The van der Waals surface area contributed by atoms with Gasteiger partial charge >= 0.3 is 0 Å². The van der Waals surface area contributed by atoms with Crippen LogP contribution in [0.2, 0.25) is 5.02 Å². The van der Waals surface area contributed by atoms with Crippen LogP contribution in [0.25, 0.3) is 6.08 Å². The second-order valence-electron chi connectivity index (χ2n) is 5.85. The highest BCUT2D eigenvalue weighted by Crippen LogP contribution is 2.26. The van der Waals surface area contributed by atoms with Crippen LogP contribution in [-0.4, -0.2) is 25.3 Å². The SMILES string of the molecule is COc1ccc(/C=C(/C(C)=O)C(=O)NCCCc2ccccc2)cc1Cl. The van der Waals surface area contributed by atoms with Crippen molar-refractivity contribution in [1.29, 1.82) is 0 Å². The number of ether oxygens (including phenoxy) is 1. The Morgan fingerprint density at radius 1 is 1.15 bits per heavy atom. The molecule has 0 aromatic heterocycles. The smallest absolute Gasteiger partial charge is 0.254 e. The molecule has 0 heterocycles. The zero-order chi connectivity index (χ0) is 18.9. The van der Waals surface area contributed by atoms with Crippen molar-refractivity contribution in [2.75, 3.05) is 13.7 Å². The average Bonchev–Trinajstić information content (AvgIpc) is 2.64. The van der Waals surface area contributed by atoms with Crippen LogP contribution in [-0.2, 0) is 16.0 Å². The Bertz CT molecular complexity index is 800. The van der Waals surface area contributed by atoms with Gasteiger partial charge in [0.15, 0.2) is 5.78 Å². The number of ketones is 1. The Labute approximate surface area is 158 Å². The fraction of sp³-hybridized carbons (Fsp3) is 0.238. The van der Waals surface area contributed by atoms with Crippen LogP contribution in [0.5, 0.6) is 5.75 Å². The number of carbonyl (C=O) groups is 2. The molecule has 2 rings (SSSR count). The van der Waals surface area contributed by atoms with Crippen LogP contribution in [0, 0.1) is 0 Å². The van der Waals surface area contributed by atoms with E-state index >= 15 is 0 Å². The van der Waals surface area contributed by atoms with Gasteiger partial charge in [-0.25, -0.2) is 0 Å². The molecular weight excluding hydrogens is 350 g/mol. The van der Waals surface area contributed by atoms with E-state index in [0.29, 0.717) is 22.9 Å². The summed E-state index contributed by atoms with van der Waals surface area (Å²) in [7, 11) is 1.53. The summed E-state index contributed by atoms with van der Waals surface area (Å²) in [4.78, 5) is 24.2. The number of methoxy groups -OCH3 is 1. The van der Waals surface area contributed by atoms with Gasteiger partial charge in [0.2, 0.25) is 0 Å². The predicted octanol–water partition coefficient (Wildman–Crippen LogP) is 4.07. The maximum absolute atomic E-state index is 12.4. The monoisotopic (exact) mass is 371 g/mol. The maximum Gasteiger partial charge on any atom is 0.254 e. The minimum absolute atomic E-state index is 0.103. The van der Waals surface area contributed by atoms with E-state index in [-0.39, 0.29) is 17.3 Å². The van der Waals surface area contributed by atoms with Gasteiger partial charge in [-0.1, -0.05) is 48.0 Å². The topological polar surface area (TPSA) is 55.4 Å². The van der Waals surface area contributed by atoms with Crippen LogP contribution in [0.3, 0.4) is 0 Å². The first-order valence-electron chi connectivity index (χ1n) is 8.39. The highest BCUT2D eigenvalue weighted by molar-refractivity contribution is 6.32. The first-order chi connectivity index (χ1) is 12.5. The molecule has 0 aliphatic rings. The van der Waals surface area contributed by atoms with E-state index in [0.717, 1.165) is 12.8 Å². The highest BCUT2D eigenvalue weighted by atomic mass is 35.5. The summed E-state index contributed by atoms with van der Waals surface area (Å²) >= 11 is 6.09. The van der Waals surface area contributed by atoms with Crippen molar-refractivity contribution in [2.24, 2.45) is 0 Å². The minimum atomic E-state index is -0.377. The number of aryl methyl sites for hydroxylation is 1. The largest absolute Gasteiger partial charge is 0.495 e. The zero-order valence-electron chi connectivity index (χ0n) is 14.9. The fourth-order valence-corrected chi connectivity index (χ4v) is 2.77. The molecule has 0 radical (unpaired) electrons. The van der Waals surface area contributed by atoms with E-state index in [9.17, 15) is 9.59 Å². The van der Waals surface area contributed by atoms with Crippen molar-refractivity contribution in [1.82, 2.24) is 5.32 Å². The van der Waals surface area contributed by atoms with E-state index < -0.39 is 0 Å². The molecule has 0 saturated heterocycles. The third-order valence-electron chi connectivity index (χ3n) is 3.88. The molecule has 0 unspecified atom stereocenters. The van der Waals surface area contributed by atoms with E-state index in [4.69, 9.17) is 16.3 Å². The number of halogens is 1. The first-order valence-corrected chi connectivity index (χ1v) is 8.77. The van der Waals surface area contributed by atoms with E-state index in [1.807, 2.05) is 18.2 Å². The van der Waals surface area contributed by atoms with Gasteiger partial charge in [0.25, 0.3) is 5.91 Å². The molecule has 0 bridgehead atoms. The summed E-state index contributed by atoms with van der Waals surface area (Å²) < 4.78 is 5.10. The standard InChI is InChI=1S/C21H22ClNO3/c1-15(24)18(13-17-10-11-20(26-2)19(22)14-17)21(25)23-12-6-9-16-7-4-3-5-8-16/h3-5,7-8,10-11,13-14H,6,9,12H2,1-2H3,(H,23,25)/b18-13-. The van der Waals surface area contributed by atoms with Gasteiger partial charge in [0, 0.05) is 6.54 Å². The van der Waals surface area contributed by atoms with Gasteiger partial charge < -0.3 is 10.1 Å². The second kappa shape index (κ2) is 9.78. The molecule has 26 heavy (non-hydrogen) atoms. The second-order valence-corrected chi connectivity index (χ2v) is 6.26. The molecule has 0 fully saturated rings. The van der Waals surface area contributed by atoms with Crippen LogP contribution >= 0.6 is 11.6 Å². The molecule has 0 aliphatic carbocycles. The lowest BCUT2D eigenvalue weighted by Gasteiger charge is -2.08. The summed E-state index contributed by atoms with van der Waals surface area (Å²) in [6, 6.07) is 15.2. The number of benzene rings is 2. The van der Waals surface area contributed by atoms with Crippen molar-refractivity contribution >= 4 is 29.4 Å². The van der Waals surface area contributed by atoms with Crippen LogP contribution < -0.4 is 10.1 Å². The molecule has 4 nitrogen and oxygen atoms in total. The summed E-state index contributed by atoms with van der Waals surface area (Å²) in [5.41, 5.74) is 1.99. The molecule has 0 spiro atoms. The lowest BCUT2D eigenvalue weighted by molar-refractivity contribution is -0.121. The number of amides is 1. The van der Waals surface area contributed by atoms with Gasteiger partial charge in [-0.3, -0.25) is 9.59 Å². The van der Waals surface area contributed by atoms with Gasteiger partial charge in [0.1, 0.15) is 5.75 Å².